The summed E-state index contributed by atoms with van der Waals surface area (Å²) in [6.07, 6.45) is 3.65. The standard InChI is InChI=1S/C18H20N2O2/c1-12-7-15(14-5-4-6-19-9-14)8-16-11-20(10-13(2)22-3)18(21)17(12)16/h4-9,13H,10-11H2,1-3H3. The number of carbonyl (C=O) groups is 1. The minimum Gasteiger partial charge on any atom is -0.380 e. The number of amides is 1. The van der Waals surface area contributed by atoms with Crippen LogP contribution < -0.4 is 0 Å². The number of aromatic nitrogens is 1. The van der Waals surface area contributed by atoms with Gasteiger partial charge in [0.05, 0.1) is 6.10 Å². The molecule has 0 saturated heterocycles. The molecule has 1 aromatic heterocycles. The molecule has 1 aliphatic rings. The molecule has 1 amide bonds. The molecule has 0 fully saturated rings. The predicted molar refractivity (Wildman–Crippen MR) is 85.6 cm³/mol. The third-order valence-corrected chi connectivity index (χ3v) is 4.15. The minimum atomic E-state index is 0.0383. The second kappa shape index (κ2) is 5.89. The number of hydrogen-bond acceptors (Lipinski definition) is 3. The minimum absolute atomic E-state index is 0.0383. The van der Waals surface area contributed by atoms with E-state index in [0.29, 0.717) is 13.1 Å². The lowest BCUT2D eigenvalue weighted by Crippen LogP contribution is -2.32. The molecule has 114 valence electrons. The molecule has 0 radical (unpaired) electrons. The van der Waals surface area contributed by atoms with Crippen LogP contribution in [0.3, 0.4) is 0 Å². The Morgan fingerprint density at radius 2 is 2.18 bits per heavy atom. The fourth-order valence-corrected chi connectivity index (χ4v) is 2.96. The Kier molecular flexibility index (Phi) is 3.94. The van der Waals surface area contributed by atoms with E-state index < -0.39 is 0 Å². The third-order valence-electron chi connectivity index (χ3n) is 4.15. The van der Waals surface area contributed by atoms with Crippen LogP contribution in [0.4, 0.5) is 0 Å². The summed E-state index contributed by atoms with van der Waals surface area (Å²) in [5, 5.41) is 0. The molecule has 0 bridgehead atoms. The number of aryl methyl sites for hydroxylation is 1. The van der Waals surface area contributed by atoms with E-state index in [4.69, 9.17) is 4.74 Å². The number of rotatable bonds is 4. The quantitative estimate of drug-likeness (QED) is 0.871. The second-order valence-corrected chi connectivity index (χ2v) is 5.80. The van der Waals surface area contributed by atoms with Crippen molar-refractivity contribution < 1.29 is 9.53 Å². The van der Waals surface area contributed by atoms with Crippen molar-refractivity contribution in [2.75, 3.05) is 13.7 Å². The number of ether oxygens (including phenoxy) is 1. The molecule has 4 heteroatoms. The van der Waals surface area contributed by atoms with Crippen molar-refractivity contribution in [3.63, 3.8) is 0 Å². The van der Waals surface area contributed by atoms with Crippen molar-refractivity contribution in [1.29, 1.82) is 0 Å². The monoisotopic (exact) mass is 296 g/mol. The second-order valence-electron chi connectivity index (χ2n) is 5.80. The number of pyridine rings is 1. The Morgan fingerprint density at radius 3 is 2.86 bits per heavy atom. The summed E-state index contributed by atoms with van der Waals surface area (Å²) in [7, 11) is 1.67. The molecule has 1 atom stereocenters. The SMILES string of the molecule is COC(C)CN1Cc2cc(-c3cccnc3)cc(C)c2C1=O. The van der Waals surface area contributed by atoms with Crippen LogP contribution in [0.1, 0.15) is 28.4 Å². The average molecular weight is 296 g/mol. The molecular weight excluding hydrogens is 276 g/mol. The van der Waals surface area contributed by atoms with E-state index in [9.17, 15) is 4.79 Å². The molecule has 0 N–H and O–H groups in total. The number of carbonyl (C=O) groups excluding carboxylic acids is 1. The summed E-state index contributed by atoms with van der Waals surface area (Å²) in [6.45, 7) is 5.24. The largest absolute Gasteiger partial charge is 0.380 e. The summed E-state index contributed by atoms with van der Waals surface area (Å²) in [5.41, 5.74) is 5.14. The lowest BCUT2D eigenvalue weighted by atomic mass is 9.97. The van der Waals surface area contributed by atoms with E-state index >= 15 is 0 Å². The van der Waals surface area contributed by atoms with Gasteiger partial charge in [0.2, 0.25) is 0 Å². The van der Waals surface area contributed by atoms with Gasteiger partial charge < -0.3 is 9.64 Å². The Morgan fingerprint density at radius 1 is 1.36 bits per heavy atom. The zero-order valence-electron chi connectivity index (χ0n) is 13.2. The maximum Gasteiger partial charge on any atom is 0.254 e. The molecular formula is C18H20N2O2. The van der Waals surface area contributed by atoms with Gasteiger partial charge in [0.25, 0.3) is 5.91 Å². The smallest absolute Gasteiger partial charge is 0.254 e. The van der Waals surface area contributed by atoms with Gasteiger partial charge in [0, 0.05) is 43.7 Å². The van der Waals surface area contributed by atoms with Gasteiger partial charge in [-0.1, -0.05) is 12.1 Å². The van der Waals surface area contributed by atoms with Gasteiger partial charge >= 0.3 is 0 Å². The first-order valence-electron chi connectivity index (χ1n) is 7.46. The zero-order chi connectivity index (χ0) is 15.7. The lowest BCUT2D eigenvalue weighted by molar-refractivity contribution is 0.0558. The van der Waals surface area contributed by atoms with E-state index in [1.54, 1.807) is 13.3 Å². The molecule has 1 unspecified atom stereocenters. The number of methoxy groups -OCH3 is 1. The van der Waals surface area contributed by atoms with Gasteiger partial charge in [-0.3, -0.25) is 9.78 Å². The van der Waals surface area contributed by atoms with Crippen molar-refractivity contribution in [3.8, 4) is 11.1 Å². The molecule has 1 aromatic carbocycles. The topological polar surface area (TPSA) is 42.4 Å². The summed E-state index contributed by atoms with van der Waals surface area (Å²) in [4.78, 5) is 18.6. The summed E-state index contributed by atoms with van der Waals surface area (Å²) in [6, 6.07) is 8.14. The Bertz CT molecular complexity index is 698. The van der Waals surface area contributed by atoms with Crippen molar-refractivity contribution >= 4 is 5.91 Å². The molecule has 0 spiro atoms. The molecule has 22 heavy (non-hydrogen) atoms. The van der Waals surface area contributed by atoms with Gasteiger partial charge in [-0.25, -0.2) is 0 Å². The molecule has 1 aliphatic heterocycles. The summed E-state index contributed by atoms with van der Waals surface area (Å²) < 4.78 is 5.28. The van der Waals surface area contributed by atoms with Crippen LogP contribution >= 0.6 is 0 Å². The van der Waals surface area contributed by atoms with E-state index in [1.165, 1.54) is 0 Å². The van der Waals surface area contributed by atoms with Gasteiger partial charge in [0.15, 0.2) is 0 Å². The first kappa shape index (κ1) is 14.7. The van der Waals surface area contributed by atoms with Crippen LogP contribution in [0.25, 0.3) is 11.1 Å². The number of hydrogen-bond donors (Lipinski definition) is 0. The van der Waals surface area contributed by atoms with Crippen LogP contribution in [-0.4, -0.2) is 35.5 Å². The number of benzene rings is 1. The Hall–Kier alpha value is -2.20. The zero-order valence-corrected chi connectivity index (χ0v) is 13.2. The first-order chi connectivity index (χ1) is 10.6. The fourth-order valence-electron chi connectivity index (χ4n) is 2.96. The van der Waals surface area contributed by atoms with Crippen LogP contribution in [-0.2, 0) is 11.3 Å². The van der Waals surface area contributed by atoms with Crippen LogP contribution in [0.5, 0.6) is 0 Å². The highest BCUT2D eigenvalue weighted by Gasteiger charge is 2.30. The van der Waals surface area contributed by atoms with Crippen molar-refractivity contribution in [3.05, 3.63) is 53.3 Å². The van der Waals surface area contributed by atoms with E-state index in [1.807, 2.05) is 37.1 Å². The number of nitrogens with zero attached hydrogens (tertiary/aromatic N) is 2. The summed E-state index contributed by atoms with van der Waals surface area (Å²) >= 11 is 0. The van der Waals surface area contributed by atoms with E-state index in [2.05, 4.69) is 17.1 Å². The van der Waals surface area contributed by atoms with Gasteiger partial charge in [-0.05, 0) is 42.7 Å². The highest BCUT2D eigenvalue weighted by molar-refractivity contribution is 6.00. The average Bonchev–Trinajstić information content (AvgIpc) is 2.84. The maximum atomic E-state index is 12.6. The van der Waals surface area contributed by atoms with Crippen molar-refractivity contribution in [1.82, 2.24) is 9.88 Å². The maximum absolute atomic E-state index is 12.6. The fraction of sp³-hybridized carbons (Fsp3) is 0.333. The van der Waals surface area contributed by atoms with Gasteiger partial charge in [0.1, 0.15) is 0 Å². The van der Waals surface area contributed by atoms with E-state index in [-0.39, 0.29) is 12.0 Å². The molecule has 0 saturated carbocycles. The van der Waals surface area contributed by atoms with Crippen LogP contribution in [0, 0.1) is 6.92 Å². The normalized spacial score (nSPS) is 15.0. The first-order valence-corrected chi connectivity index (χ1v) is 7.46. The van der Waals surface area contributed by atoms with Crippen molar-refractivity contribution in [2.24, 2.45) is 0 Å². The highest BCUT2D eigenvalue weighted by Crippen LogP contribution is 2.31. The van der Waals surface area contributed by atoms with Crippen LogP contribution in [0.2, 0.25) is 0 Å². The van der Waals surface area contributed by atoms with Crippen LogP contribution in [0.15, 0.2) is 36.7 Å². The highest BCUT2D eigenvalue weighted by atomic mass is 16.5. The van der Waals surface area contributed by atoms with Crippen molar-refractivity contribution in [2.45, 2.75) is 26.5 Å². The Balaban J connectivity index is 1.94. The van der Waals surface area contributed by atoms with E-state index in [0.717, 1.165) is 27.8 Å². The molecule has 2 heterocycles. The molecule has 2 aromatic rings. The molecule has 4 nitrogen and oxygen atoms in total. The number of fused-ring (bicyclic) bond motifs is 1. The summed E-state index contributed by atoms with van der Waals surface area (Å²) in [5.74, 6) is 0.106. The lowest BCUT2D eigenvalue weighted by Gasteiger charge is -2.19. The molecule has 0 aliphatic carbocycles. The predicted octanol–water partition coefficient (Wildman–Crippen LogP) is 3.05. The Labute approximate surface area is 130 Å². The van der Waals surface area contributed by atoms with Gasteiger partial charge in [-0.2, -0.15) is 0 Å². The third kappa shape index (κ3) is 2.62. The molecule has 3 rings (SSSR count). The van der Waals surface area contributed by atoms with Gasteiger partial charge in [-0.15, -0.1) is 0 Å².